The predicted molar refractivity (Wildman–Crippen MR) is 70.9 cm³/mol. The summed E-state index contributed by atoms with van der Waals surface area (Å²) in [6.45, 7) is 4.63. The van der Waals surface area contributed by atoms with E-state index in [4.69, 9.17) is 4.52 Å². The van der Waals surface area contributed by atoms with Crippen LogP contribution in [0.1, 0.15) is 48.7 Å². The first-order valence-corrected chi connectivity index (χ1v) is 7.17. The van der Waals surface area contributed by atoms with Crippen molar-refractivity contribution < 1.29 is 9.32 Å². The van der Waals surface area contributed by atoms with Gasteiger partial charge in [0.05, 0.1) is 6.20 Å². The summed E-state index contributed by atoms with van der Waals surface area (Å²) in [6, 6.07) is 1.50. The van der Waals surface area contributed by atoms with Crippen molar-refractivity contribution in [2.24, 2.45) is 0 Å². The molecule has 3 rings (SSSR count). The molecule has 104 valence electrons. The SMILES string of the molecule is CCN(C(=O)c1oncc1C)C1CC2CCC(C1)N2. The second kappa shape index (κ2) is 4.96. The standard InChI is InChI=1S/C14H21N3O2/c1-3-17(14(18)13-9(2)8-15-19-13)12-6-10-4-5-11(7-12)16-10/h8,10-12,16H,3-7H2,1-2H3. The predicted octanol–water partition coefficient (Wildman–Crippen LogP) is 1.73. The maximum absolute atomic E-state index is 12.6. The summed E-state index contributed by atoms with van der Waals surface area (Å²) < 4.78 is 5.11. The highest BCUT2D eigenvalue weighted by Gasteiger charge is 2.38. The fourth-order valence-electron chi connectivity index (χ4n) is 3.48. The Hall–Kier alpha value is -1.36. The minimum atomic E-state index is -0.0104. The molecule has 1 N–H and O–H groups in total. The van der Waals surface area contributed by atoms with Crippen LogP contribution in [0.3, 0.4) is 0 Å². The smallest absolute Gasteiger partial charge is 0.292 e. The van der Waals surface area contributed by atoms with Crippen molar-refractivity contribution in [1.29, 1.82) is 0 Å². The molecule has 19 heavy (non-hydrogen) atoms. The lowest BCUT2D eigenvalue weighted by Crippen LogP contribution is -2.50. The van der Waals surface area contributed by atoms with Gasteiger partial charge in [-0.15, -0.1) is 0 Å². The number of piperidine rings is 1. The van der Waals surface area contributed by atoms with Gasteiger partial charge in [0.25, 0.3) is 5.91 Å². The Morgan fingerprint density at radius 2 is 2.16 bits per heavy atom. The first kappa shape index (κ1) is 12.7. The summed E-state index contributed by atoms with van der Waals surface area (Å²) in [5.41, 5.74) is 0.820. The number of hydrogen-bond acceptors (Lipinski definition) is 4. The number of aromatic nitrogens is 1. The van der Waals surface area contributed by atoms with Gasteiger partial charge in [0.2, 0.25) is 5.76 Å². The van der Waals surface area contributed by atoms with Crippen molar-refractivity contribution in [1.82, 2.24) is 15.4 Å². The zero-order chi connectivity index (χ0) is 13.4. The van der Waals surface area contributed by atoms with Gasteiger partial charge in [-0.2, -0.15) is 0 Å². The van der Waals surface area contributed by atoms with Gasteiger partial charge >= 0.3 is 0 Å². The van der Waals surface area contributed by atoms with Crippen molar-refractivity contribution in [2.45, 2.75) is 57.7 Å². The van der Waals surface area contributed by atoms with Crippen LogP contribution >= 0.6 is 0 Å². The Morgan fingerprint density at radius 1 is 1.47 bits per heavy atom. The van der Waals surface area contributed by atoms with E-state index in [1.54, 1.807) is 6.20 Å². The molecule has 1 aromatic heterocycles. The highest BCUT2D eigenvalue weighted by molar-refractivity contribution is 5.92. The van der Waals surface area contributed by atoms with E-state index < -0.39 is 0 Å². The third kappa shape index (κ3) is 2.27. The third-order valence-electron chi connectivity index (χ3n) is 4.43. The molecule has 2 saturated heterocycles. The molecule has 0 aromatic carbocycles. The number of nitrogens with one attached hydrogen (secondary N) is 1. The number of fused-ring (bicyclic) bond motifs is 2. The Bertz CT molecular complexity index is 459. The quantitative estimate of drug-likeness (QED) is 0.902. The first-order chi connectivity index (χ1) is 9.19. The van der Waals surface area contributed by atoms with Gasteiger partial charge in [-0.25, -0.2) is 0 Å². The Kier molecular flexibility index (Phi) is 3.31. The molecule has 1 aromatic rings. The van der Waals surface area contributed by atoms with E-state index in [0.717, 1.165) is 24.9 Å². The lowest BCUT2D eigenvalue weighted by Gasteiger charge is -2.36. The maximum atomic E-state index is 12.6. The van der Waals surface area contributed by atoms with Crippen molar-refractivity contribution >= 4 is 5.91 Å². The monoisotopic (exact) mass is 263 g/mol. The van der Waals surface area contributed by atoms with E-state index in [2.05, 4.69) is 10.5 Å². The number of aryl methyl sites for hydroxylation is 1. The summed E-state index contributed by atoms with van der Waals surface area (Å²) >= 11 is 0. The molecule has 0 aliphatic carbocycles. The highest BCUT2D eigenvalue weighted by Crippen LogP contribution is 2.30. The summed E-state index contributed by atoms with van der Waals surface area (Å²) in [5.74, 6) is 0.386. The largest absolute Gasteiger partial charge is 0.351 e. The molecule has 3 heterocycles. The number of rotatable bonds is 3. The molecule has 1 amide bonds. The van der Waals surface area contributed by atoms with Crippen molar-refractivity contribution in [2.75, 3.05) is 6.54 Å². The number of carbonyl (C=O) groups is 1. The molecule has 2 aliphatic rings. The summed E-state index contributed by atoms with van der Waals surface area (Å²) in [7, 11) is 0. The normalized spacial score (nSPS) is 29.5. The van der Waals surface area contributed by atoms with Crippen LogP contribution in [0.25, 0.3) is 0 Å². The molecule has 2 bridgehead atoms. The van der Waals surface area contributed by atoms with Gasteiger partial charge in [0.15, 0.2) is 0 Å². The number of nitrogens with zero attached hydrogens (tertiary/aromatic N) is 2. The number of hydrogen-bond donors (Lipinski definition) is 1. The lowest BCUT2D eigenvalue weighted by atomic mass is 9.97. The topological polar surface area (TPSA) is 58.4 Å². The lowest BCUT2D eigenvalue weighted by molar-refractivity contribution is 0.0588. The van der Waals surface area contributed by atoms with E-state index in [-0.39, 0.29) is 5.91 Å². The van der Waals surface area contributed by atoms with E-state index in [1.165, 1.54) is 12.8 Å². The van der Waals surface area contributed by atoms with E-state index in [1.807, 2.05) is 18.7 Å². The Morgan fingerprint density at radius 3 is 2.68 bits per heavy atom. The van der Waals surface area contributed by atoms with Crippen LogP contribution in [-0.2, 0) is 0 Å². The van der Waals surface area contributed by atoms with Crippen LogP contribution in [0, 0.1) is 6.92 Å². The summed E-state index contributed by atoms with van der Waals surface area (Å²) in [6.07, 6.45) is 6.21. The van der Waals surface area contributed by atoms with Gasteiger partial charge in [-0.1, -0.05) is 5.16 Å². The van der Waals surface area contributed by atoms with Crippen LogP contribution in [-0.4, -0.2) is 40.6 Å². The fraction of sp³-hybridized carbons (Fsp3) is 0.714. The van der Waals surface area contributed by atoms with Crippen LogP contribution < -0.4 is 5.32 Å². The Balaban J connectivity index is 1.77. The van der Waals surface area contributed by atoms with Crippen LogP contribution in [0.5, 0.6) is 0 Å². The van der Waals surface area contributed by atoms with Gasteiger partial charge in [0, 0.05) is 30.2 Å². The number of carbonyl (C=O) groups excluding carboxylic acids is 1. The molecular weight excluding hydrogens is 242 g/mol. The van der Waals surface area contributed by atoms with Crippen molar-refractivity contribution in [3.05, 3.63) is 17.5 Å². The molecule has 5 heteroatoms. The maximum Gasteiger partial charge on any atom is 0.292 e. The van der Waals surface area contributed by atoms with Crippen LogP contribution in [0.4, 0.5) is 0 Å². The van der Waals surface area contributed by atoms with E-state index in [9.17, 15) is 4.79 Å². The molecular formula is C14H21N3O2. The average Bonchev–Trinajstić information content (AvgIpc) is 2.96. The molecule has 0 radical (unpaired) electrons. The fourth-order valence-corrected chi connectivity index (χ4v) is 3.48. The Labute approximate surface area is 113 Å². The van der Waals surface area contributed by atoms with E-state index >= 15 is 0 Å². The average molecular weight is 263 g/mol. The molecule has 2 unspecified atom stereocenters. The molecule has 0 saturated carbocycles. The van der Waals surface area contributed by atoms with Crippen molar-refractivity contribution in [3.8, 4) is 0 Å². The highest BCUT2D eigenvalue weighted by atomic mass is 16.5. The second-order valence-electron chi connectivity index (χ2n) is 5.69. The van der Waals surface area contributed by atoms with Crippen LogP contribution in [0.2, 0.25) is 0 Å². The minimum Gasteiger partial charge on any atom is -0.351 e. The second-order valence-corrected chi connectivity index (χ2v) is 5.69. The van der Waals surface area contributed by atoms with Crippen LogP contribution in [0.15, 0.2) is 10.7 Å². The van der Waals surface area contributed by atoms with Gasteiger partial charge in [0.1, 0.15) is 0 Å². The molecule has 2 fully saturated rings. The van der Waals surface area contributed by atoms with Gasteiger partial charge < -0.3 is 14.7 Å². The first-order valence-electron chi connectivity index (χ1n) is 7.17. The molecule has 0 spiro atoms. The third-order valence-corrected chi connectivity index (χ3v) is 4.43. The van der Waals surface area contributed by atoms with Gasteiger partial charge in [-0.05, 0) is 39.5 Å². The number of amides is 1. The summed E-state index contributed by atoms with van der Waals surface area (Å²) in [4.78, 5) is 14.5. The minimum absolute atomic E-state index is 0.0104. The molecule has 2 aliphatic heterocycles. The van der Waals surface area contributed by atoms with Crippen molar-refractivity contribution in [3.63, 3.8) is 0 Å². The molecule has 5 nitrogen and oxygen atoms in total. The zero-order valence-corrected chi connectivity index (χ0v) is 11.6. The van der Waals surface area contributed by atoms with Gasteiger partial charge in [-0.3, -0.25) is 4.79 Å². The zero-order valence-electron chi connectivity index (χ0n) is 11.6. The molecule has 2 atom stereocenters. The van der Waals surface area contributed by atoms with E-state index in [0.29, 0.717) is 23.9 Å². The summed E-state index contributed by atoms with van der Waals surface area (Å²) in [5, 5.41) is 7.32.